The zero-order chi connectivity index (χ0) is 24.0. The van der Waals surface area contributed by atoms with Crippen LogP contribution >= 0.6 is 11.6 Å². The number of alkyl halides is 2. The first-order valence-corrected chi connectivity index (χ1v) is 10.7. The average Bonchev–Trinajstić information content (AvgIpc) is 3.09. The molecule has 3 heterocycles. The number of nitrogens with zero attached hydrogens (tertiary/aromatic N) is 4. The summed E-state index contributed by atoms with van der Waals surface area (Å²) in [4.78, 5) is 34.6. The number of pyridine rings is 1. The number of nitrogens with one attached hydrogen (secondary N) is 1. The number of fused-ring (bicyclic) bond motifs is 1. The number of carbonyl (C=O) groups is 1. The molecule has 0 amide bonds. The standard InChI is InChI=1S/C22H22ClF2N5O3/c1-10-6-12(11(2)26-16-4-5-17(23)27-19(16)21(32)33)18-13(7-10)20(31)29(3)22(28-18)30-8-14(24)15(25)9-30/h4-7,11,14-15,26H,8-9H2,1-3H3,(H,32,33)/t11?,14-,15-/m1/s1. The number of hydrogen-bond acceptors (Lipinski definition) is 6. The highest BCUT2D eigenvalue weighted by Gasteiger charge is 2.35. The quantitative estimate of drug-likeness (QED) is 0.541. The Hall–Kier alpha value is -3.27. The summed E-state index contributed by atoms with van der Waals surface area (Å²) in [5.74, 6) is -1.07. The number of anilines is 2. The summed E-state index contributed by atoms with van der Waals surface area (Å²) in [6.45, 7) is 3.23. The summed E-state index contributed by atoms with van der Waals surface area (Å²) in [7, 11) is 1.52. The molecule has 4 rings (SSSR count). The molecule has 174 valence electrons. The summed E-state index contributed by atoms with van der Waals surface area (Å²) >= 11 is 5.84. The maximum absolute atomic E-state index is 13.8. The molecule has 0 radical (unpaired) electrons. The summed E-state index contributed by atoms with van der Waals surface area (Å²) in [5, 5.41) is 13.0. The SMILES string of the molecule is Cc1cc(C(C)Nc2ccc(Cl)nc2C(=O)O)c2nc(N3C[C@@H](F)[C@H](F)C3)n(C)c(=O)c2c1. The van der Waals surface area contributed by atoms with Crippen molar-refractivity contribution in [2.45, 2.75) is 32.2 Å². The summed E-state index contributed by atoms with van der Waals surface area (Å²) in [6.07, 6.45) is -3.30. The Morgan fingerprint density at radius 1 is 1.24 bits per heavy atom. The first-order chi connectivity index (χ1) is 15.6. The van der Waals surface area contributed by atoms with Crippen molar-refractivity contribution in [3.05, 3.63) is 56.6 Å². The van der Waals surface area contributed by atoms with Crippen LogP contribution in [0.1, 0.15) is 34.6 Å². The largest absolute Gasteiger partial charge is 0.476 e. The summed E-state index contributed by atoms with van der Waals surface area (Å²) in [5.41, 5.74) is 1.47. The lowest BCUT2D eigenvalue weighted by molar-refractivity contribution is 0.0691. The molecule has 1 fully saturated rings. The zero-order valence-electron chi connectivity index (χ0n) is 18.1. The van der Waals surface area contributed by atoms with E-state index in [2.05, 4.69) is 15.3 Å². The molecule has 11 heteroatoms. The molecular formula is C22H22ClF2N5O3. The van der Waals surface area contributed by atoms with Crippen molar-refractivity contribution in [1.82, 2.24) is 14.5 Å². The van der Waals surface area contributed by atoms with E-state index in [0.717, 1.165) is 5.56 Å². The fraction of sp³-hybridized carbons (Fsp3) is 0.364. The third kappa shape index (κ3) is 4.22. The van der Waals surface area contributed by atoms with Crippen LogP contribution in [0, 0.1) is 6.92 Å². The van der Waals surface area contributed by atoms with E-state index in [1.54, 1.807) is 13.0 Å². The van der Waals surface area contributed by atoms with Gasteiger partial charge in [-0.25, -0.2) is 23.5 Å². The van der Waals surface area contributed by atoms with Gasteiger partial charge in [-0.15, -0.1) is 0 Å². The van der Waals surface area contributed by atoms with E-state index in [1.165, 1.54) is 28.6 Å². The lowest BCUT2D eigenvalue weighted by Gasteiger charge is -2.22. The minimum Gasteiger partial charge on any atom is -0.476 e. The Labute approximate surface area is 192 Å². The Bertz CT molecular complexity index is 1310. The van der Waals surface area contributed by atoms with Crippen LogP contribution in [0.3, 0.4) is 0 Å². The van der Waals surface area contributed by atoms with Crippen LogP contribution in [0.2, 0.25) is 5.15 Å². The van der Waals surface area contributed by atoms with Crippen LogP contribution in [0.25, 0.3) is 10.9 Å². The molecule has 3 atom stereocenters. The first kappa shape index (κ1) is 22.9. The number of halogens is 3. The van der Waals surface area contributed by atoms with E-state index < -0.39 is 24.4 Å². The fourth-order valence-corrected chi connectivity index (χ4v) is 4.22. The van der Waals surface area contributed by atoms with Gasteiger partial charge in [0.05, 0.1) is 35.7 Å². The van der Waals surface area contributed by atoms with Crippen molar-refractivity contribution in [3.8, 4) is 0 Å². The first-order valence-electron chi connectivity index (χ1n) is 10.3. The van der Waals surface area contributed by atoms with Crippen LogP contribution in [0.4, 0.5) is 20.4 Å². The molecule has 0 bridgehead atoms. The lowest BCUT2D eigenvalue weighted by atomic mass is 10.0. The average molecular weight is 478 g/mol. The molecule has 1 aliphatic rings. The molecule has 8 nitrogen and oxygen atoms in total. The Kier molecular flexibility index (Phi) is 5.96. The molecule has 33 heavy (non-hydrogen) atoms. The zero-order valence-corrected chi connectivity index (χ0v) is 18.9. The second-order valence-corrected chi connectivity index (χ2v) is 8.55. The van der Waals surface area contributed by atoms with Gasteiger partial charge >= 0.3 is 5.97 Å². The number of aryl methyl sites for hydroxylation is 1. The van der Waals surface area contributed by atoms with Crippen LogP contribution < -0.4 is 15.8 Å². The molecule has 2 N–H and O–H groups in total. The van der Waals surface area contributed by atoms with Crippen molar-refractivity contribution in [1.29, 1.82) is 0 Å². The number of carboxylic acids is 1. The Balaban J connectivity index is 1.82. The second kappa shape index (κ2) is 8.58. The van der Waals surface area contributed by atoms with Gasteiger partial charge < -0.3 is 15.3 Å². The molecule has 1 saturated heterocycles. The van der Waals surface area contributed by atoms with Crippen molar-refractivity contribution in [3.63, 3.8) is 0 Å². The van der Waals surface area contributed by atoms with Crippen LogP contribution in [-0.4, -0.2) is 51.0 Å². The highest BCUT2D eigenvalue weighted by molar-refractivity contribution is 6.29. The molecule has 0 aliphatic carbocycles. The molecule has 1 aliphatic heterocycles. The second-order valence-electron chi connectivity index (χ2n) is 8.16. The molecule has 1 aromatic carbocycles. The van der Waals surface area contributed by atoms with Crippen molar-refractivity contribution < 1.29 is 18.7 Å². The number of aromatic nitrogens is 3. The minimum absolute atomic E-state index is 0.0457. The van der Waals surface area contributed by atoms with Gasteiger partial charge in [0.25, 0.3) is 5.56 Å². The normalized spacial score (nSPS) is 19.2. The van der Waals surface area contributed by atoms with Gasteiger partial charge in [0.2, 0.25) is 5.95 Å². The van der Waals surface area contributed by atoms with Gasteiger partial charge in [0.1, 0.15) is 5.15 Å². The monoisotopic (exact) mass is 477 g/mol. The van der Waals surface area contributed by atoms with E-state index >= 15 is 0 Å². The maximum atomic E-state index is 13.8. The Morgan fingerprint density at radius 2 is 1.91 bits per heavy atom. The molecule has 0 saturated carbocycles. The van der Waals surface area contributed by atoms with Gasteiger partial charge in [-0.1, -0.05) is 17.7 Å². The molecule has 1 unspecified atom stereocenters. The number of carboxylic acid groups (broad SMARTS) is 1. The van der Waals surface area contributed by atoms with Crippen molar-refractivity contribution in [2.24, 2.45) is 7.05 Å². The van der Waals surface area contributed by atoms with Gasteiger partial charge in [0, 0.05) is 12.6 Å². The van der Waals surface area contributed by atoms with Gasteiger partial charge in [-0.2, -0.15) is 0 Å². The number of aromatic carboxylic acids is 1. The van der Waals surface area contributed by atoms with E-state index in [1.807, 2.05) is 13.0 Å². The molecule has 2 aromatic heterocycles. The third-order valence-corrected chi connectivity index (χ3v) is 5.91. The molecule has 0 spiro atoms. The van der Waals surface area contributed by atoms with E-state index in [9.17, 15) is 23.5 Å². The van der Waals surface area contributed by atoms with Gasteiger partial charge in [-0.3, -0.25) is 9.36 Å². The maximum Gasteiger partial charge on any atom is 0.356 e. The van der Waals surface area contributed by atoms with Gasteiger partial charge in [-0.05, 0) is 37.6 Å². The van der Waals surface area contributed by atoms with Crippen LogP contribution in [0.15, 0.2) is 29.1 Å². The minimum atomic E-state index is -1.65. The van der Waals surface area contributed by atoms with Crippen LogP contribution in [0.5, 0.6) is 0 Å². The lowest BCUT2D eigenvalue weighted by Crippen LogP contribution is -2.31. The topological polar surface area (TPSA) is 100 Å². The predicted molar refractivity (Wildman–Crippen MR) is 122 cm³/mol. The van der Waals surface area contributed by atoms with E-state index in [0.29, 0.717) is 16.5 Å². The number of benzene rings is 1. The van der Waals surface area contributed by atoms with E-state index in [-0.39, 0.29) is 41.1 Å². The van der Waals surface area contributed by atoms with Crippen LogP contribution in [-0.2, 0) is 7.05 Å². The van der Waals surface area contributed by atoms with Crippen molar-refractivity contribution in [2.75, 3.05) is 23.3 Å². The Morgan fingerprint density at radius 3 is 2.55 bits per heavy atom. The van der Waals surface area contributed by atoms with Crippen molar-refractivity contribution >= 4 is 40.1 Å². The smallest absolute Gasteiger partial charge is 0.356 e. The highest BCUT2D eigenvalue weighted by atomic mass is 35.5. The highest BCUT2D eigenvalue weighted by Crippen LogP contribution is 2.30. The predicted octanol–water partition coefficient (Wildman–Crippen LogP) is 3.66. The number of rotatable bonds is 5. The van der Waals surface area contributed by atoms with Gasteiger partial charge in [0.15, 0.2) is 18.0 Å². The fourth-order valence-electron chi connectivity index (χ4n) is 4.07. The molecule has 3 aromatic rings. The molecular weight excluding hydrogens is 456 g/mol. The van der Waals surface area contributed by atoms with E-state index in [4.69, 9.17) is 11.6 Å². The summed E-state index contributed by atoms with van der Waals surface area (Å²) in [6, 6.07) is 6.04. The summed E-state index contributed by atoms with van der Waals surface area (Å²) < 4.78 is 28.9. The number of hydrogen-bond donors (Lipinski definition) is 2. The third-order valence-electron chi connectivity index (χ3n) is 5.70.